The Labute approximate surface area is 187 Å². The number of fused-ring (bicyclic) bond motifs is 1. The van der Waals surface area contributed by atoms with Crippen LogP contribution in [0.25, 0.3) is 11.1 Å². The van der Waals surface area contributed by atoms with Gasteiger partial charge in [-0.1, -0.05) is 30.9 Å². The summed E-state index contributed by atoms with van der Waals surface area (Å²) < 4.78 is 24.9. The molecule has 0 unspecified atom stereocenters. The highest BCUT2D eigenvalue weighted by Crippen LogP contribution is 2.50. The molecule has 1 atom stereocenters. The summed E-state index contributed by atoms with van der Waals surface area (Å²) in [6.07, 6.45) is 1.77. The van der Waals surface area contributed by atoms with E-state index in [-0.39, 0.29) is 23.1 Å². The first-order valence-electron chi connectivity index (χ1n) is 9.80. The lowest BCUT2D eigenvalue weighted by Crippen LogP contribution is -2.22. The first kappa shape index (κ1) is 21.6. The number of hydrogen-bond acceptors (Lipinski definition) is 5. The van der Waals surface area contributed by atoms with Crippen LogP contribution < -0.4 is 14.8 Å². The minimum absolute atomic E-state index is 0.0469. The van der Waals surface area contributed by atoms with E-state index in [0.717, 1.165) is 16.9 Å². The molecule has 0 radical (unpaired) electrons. The SMILES string of the molecule is C=CCOc1ccc([C@H]2CC(=O)Nc3c2sc(C(=O)O)c3-c2cccc(F)c2)cc1OC. The minimum atomic E-state index is -1.14. The third kappa shape index (κ3) is 3.97. The predicted molar refractivity (Wildman–Crippen MR) is 120 cm³/mol. The molecule has 1 aromatic heterocycles. The number of hydrogen-bond donors (Lipinski definition) is 2. The van der Waals surface area contributed by atoms with E-state index in [0.29, 0.717) is 39.8 Å². The molecule has 2 N–H and O–H groups in total. The van der Waals surface area contributed by atoms with Crippen LogP contribution in [0.1, 0.15) is 32.5 Å². The van der Waals surface area contributed by atoms with E-state index in [9.17, 15) is 19.1 Å². The summed E-state index contributed by atoms with van der Waals surface area (Å²) >= 11 is 1.09. The van der Waals surface area contributed by atoms with Crippen LogP contribution in [0.2, 0.25) is 0 Å². The smallest absolute Gasteiger partial charge is 0.346 e. The van der Waals surface area contributed by atoms with Gasteiger partial charge in [0, 0.05) is 22.8 Å². The molecule has 1 amide bonds. The molecule has 0 fully saturated rings. The summed E-state index contributed by atoms with van der Waals surface area (Å²) in [5.41, 5.74) is 1.90. The lowest BCUT2D eigenvalue weighted by molar-refractivity contribution is -0.116. The van der Waals surface area contributed by atoms with Gasteiger partial charge in [-0.2, -0.15) is 0 Å². The van der Waals surface area contributed by atoms with Crippen LogP contribution in [0.15, 0.2) is 55.1 Å². The van der Waals surface area contributed by atoms with E-state index in [1.165, 1.54) is 25.3 Å². The zero-order chi connectivity index (χ0) is 22.8. The number of ether oxygens (including phenoxy) is 2. The van der Waals surface area contributed by atoms with Gasteiger partial charge in [-0.15, -0.1) is 11.3 Å². The van der Waals surface area contributed by atoms with Gasteiger partial charge in [0.15, 0.2) is 11.5 Å². The number of benzene rings is 2. The molecule has 32 heavy (non-hydrogen) atoms. The average molecular weight is 453 g/mol. The van der Waals surface area contributed by atoms with Crippen LogP contribution >= 0.6 is 11.3 Å². The summed E-state index contributed by atoms with van der Waals surface area (Å²) in [5.74, 6) is -1.22. The third-order valence-corrected chi connectivity index (χ3v) is 6.45. The van der Waals surface area contributed by atoms with Crippen molar-refractivity contribution in [2.75, 3.05) is 19.0 Å². The Balaban J connectivity index is 1.86. The lowest BCUT2D eigenvalue weighted by Gasteiger charge is -2.24. The van der Waals surface area contributed by atoms with Gasteiger partial charge < -0.3 is 19.9 Å². The number of anilines is 1. The van der Waals surface area contributed by atoms with Crippen molar-refractivity contribution in [1.29, 1.82) is 0 Å². The van der Waals surface area contributed by atoms with Crippen molar-refractivity contribution < 1.29 is 28.6 Å². The van der Waals surface area contributed by atoms with Crippen LogP contribution in [0.5, 0.6) is 11.5 Å². The zero-order valence-corrected chi connectivity index (χ0v) is 18.0. The number of rotatable bonds is 7. The summed E-state index contributed by atoms with van der Waals surface area (Å²) in [6, 6.07) is 11.1. The van der Waals surface area contributed by atoms with E-state index in [1.54, 1.807) is 24.3 Å². The van der Waals surface area contributed by atoms with Crippen molar-refractivity contribution in [3.05, 3.63) is 76.3 Å². The van der Waals surface area contributed by atoms with Crippen molar-refractivity contribution >= 4 is 28.9 Å². The second kappa shape index (κ2) is 8.84. The third-order valence-electron chi connectivity index (χ3n) is 5.16. The quantitative estimate of drug-likeness (QED) is 0.474. The number of carbonyl (C=O) groups excluding carboxylic acids is 1. The van der Waals surface area contributed by atoms with Gasteiger partial charge in [-0.05, 0) is 35.4 Å². The number of carbonyl (C=O) groups is 2. The standard InChI is InChI=1S/C24H20FNO5S/c1-3-9-31-17-8-7-13(11-18(17)30-2)16-12-19(27)26-21-20(14-5-4-6-15(25)10-14)23(24(28)29)32-22(16)21/h3-8,10-11,16H,1,9,12H2,2H3,(H,26,27)(H,28,29)/t16-/m1/s1. The molecular formula is C24H20FNO5S. The molecule has 164 valence electrons. The van der Waals surface area contributed by atoms with Crippen LogP contribution in [0.3, 0.4) is 0 Å². The molecule has 0 spiro atoms. The molecule has 0 bridgehead atoms. The number of carboxylic acids is 1. The highest BCUT2D eigenvalue weighted by molar-refractivity contribution is 7.15. The van der Waals surface area contributed by atoms with Gasteiger partial charge in [0.2, 0.25) is 5.91 Å². The van der Waals surface area contributed by atoms with E-state index in [4.69, 9.17) is 9.47 Å². The molecule has 0 aliphatic carbocycles. The monoisotopic (exact) mass is 453 g/mol. The van der Waals surface area contributed by atoms with Crippen molar-refractivity contribution in [3.63, 3.8) is 0 Å². The second-order valence-corrected chi connectivity index (χ2v) is 8.23. The Morgan fingerprint density at radius 2 is 2.12 bits per heavy atom. The number of nitrogens with one attached hydrogen (secondary N) is 1. The van der Waals surface area contributed by atoms with Gasteiger partial charge in [-0.3, -0.25) is 4.79 Å². The van der Waals surface area contributed by atoms with E-state index in [1.807, 2.05) is 6.07 Å². The molecule has 1 aliphatic rings. The number of thiophene rings is 1. The molecule has 0 saturated carbocycles. The Hall–Kier alpha value is -3.65. The molecule has 1 aliphatic heterocycles. The highest BCUT2D eigenvalue weighted by Gasteiger charge is 2.35. The zero-order valence-electron chi connectivity index (χ0n) is 17.2. The number of methoxy groups -OCH3 is 1. The number of amides is 1. The summed E-state index contributed by atoms with van der Waals surface area (Å²) in [6.45, 7) is 3.95. The van der Waals surface area contributed by atoms with Crippen LogP contribution in [0.4, 0.5) is 10.1 Å². The largest absolute Gasteiger partial charge is 0.493 e. The minimum Gasteiger partial charge on any atom is -0.493 e. The lowest BCUT2D eigenvalue weighted by atomic mass is 9.88. The van der Waals surface area contributed by atoms with Crippen LogP contribution in [0, 0.1) is 5.82 Å². The van der Waals surface area contributed by atoms with E-state index in [2.05, 4.69) is 11.9 Å². The number of aromatic carboxylic acids is 1. The predicted octanol–water partition coefficient (Wildman–Crippen LogP) is 5.30. The fourth-order valence-electron chi connectivity index (χ4n) is 3.79. The van der Waals surface area contributed by atoms with E-state index >= 15 is 0 Å². The average Bonchev–Trinajstić information content (AvgIpc) is 3.16. The number of carboxylic acid groups (broad SMARTS) is 1. The van der Waals surface area contributed by atoms with Gasteiger partial charge in [0.1, 0.15) is 17.3 Å². The normalized spacial score (nSPS) is 14.9. The topological polar surface area (TPSA) is 84.9 Å². The Morgan fingerprint density at radius 3 is 2.81 bits per heavy atom. The maximum absolute atomic E-state index is 13.9. The van der Waals surface area contributed by atoms with Gasteiger partial charge in [-0.25, -0.2) is 9.18 Å². The summed E-state index contributed by atoms with van der Waals surface area (Å²) in [5, 5.41) is 12.6. The first-order chi connectivity index (χ1) is 15.4. The van der Waals surface area contributed by atoms with Gasteiger partial charge in [0.25, 0.3) is 0 Å². The fraction of sp³-hybridized carbons (Fsp3) is 0.167. The Bertz CT molecular complexity index is 1220. The maximum Gasteiger partial charge on any atom is 0.346 e. The molecule has 0 saturated heterocycles. The van der Waals surface area contributed by atoms with Gasteiger partial charge in [0.05, 0.1) is 12.8 Å². The van der Waals surface area contributed by atoms with Crippen molar-refractivity contribution in [2.45, 2.75) is 12.3 Å². The van der Waals surface area contributed by atoms with Crippen molar-refractivity contribution in [2.24, 2.45) is 0 Å². The van der Waals surface area contributed by atoms with Crippen LogP contribution in [-0.4, -0.2) is 30.7 Å². The Kier molecular flexibility index (Phi) is 5.96. The molecular weight excluding hydrogens is 433 g/mol. The molecule has 3 aromatic rings. The second-order valence-electron chi connectivity index (χ2n) is 7.18. The van der Waals surface area contributed by atoms with Crippen LogP contribution in [-0.2, 0) is 4.79 Å². The summed E-state index contributed by atoms with van der Waals surface area (Å²) in [4.78, 5) is 25.4. The maximum atomic E-state index is 13.9. The molecule has 2 heterocycles. The number of halogens is 1. The molecule has 6 nitrogen and oxygen atoms in total. The molecule has 8 heteroatoms. The fourth-order valence-corrected chi connectivity index (χ4v) is 5.04. The Morgan fingerprint density at radius 1 is 1.31 bits per heavy atom. The summed E-state index contributed by atoms with van der Waals surface area (Å²) in [7, 11) is 1.52. The van der Waals surface area contributed by atoms with E-state index < -0.39 is 11.8 Å². The van der Waals surface area contributed by atoms with Crippen molar-refractivity contribution in [1.82, 2.24) is 0 Å². The van der Waals surface area contributed by atoms with Crippen molar-refractivity contribution in [3.8, 4) is 22.6 Å². The molecule has 2 aromatic carbocycles. The molecule has 4 rings (SSSR count). The first-order valence-corrected chi connectivity index (χ1v) is 10.6. The highest BCUT2D eigenvalue weighted by atomic mass is 32.1. The van der Waals surface area contributed by atoms with Gasteiger partial charge >= 0.3 is 5.97 Å².